The zero-order chi connectivity index (χ0) is 15.3. The summed E-state index contributed by atoms with van der Waals surface area (Å²) in [5.74, 6) is 2.25. The van der Waals surface area contributed by atoms with Crippen LogP contribution < -0.4 is 0 Å². The fourth-order valence-electron chi connectivity index (χ4n) is 1.36. The molecule has 0 atom stereocenters. The highest BCUT2D eigenvalue weighted by atomic mass is 32.1. The Morgan fingerprint density at radius 1 is 1.05 bits per heavy atom. The van der Waals surface area contributed by atoms with E-state index in [0.29, 0.717) is 0 Å². The van der Waals surface area contributed by atoms with Crippen LogP contribution in [0.5, 0.6) is 0 Å². The van der Waals surface area contributed by atoms with Gasteiger partial charge in [-0.3, -0.25) is 0 Å². The topological polar surface area (TPSA) is 0 Å². The van der Waals surface area contributed by atoms with Crippen molar-refractivity contribution in [2.24, 2.45) is 0 Å². The summed E-state index contributed by atoms with van der Waals surface area (Å²) in [6.07, 6.45) is 4.60. The minimum atomic E-state index is 1.09. The molecule has 0 aromatic heterocycles. The third kappa shape index (κ3) is 6.74. The van der Waals surface area contributed by atoms with Crippen molar-refractivity contribution in [1.29, 1.82) is 0 Å². The Balaban J connectivity index is 0. The van der Waals surface area contributed by atoms with Crippen molar-refractivity contribution in [3.8, 4) is 12.3 Å². The summed E-state index contributed by atoms with van der Waals surface area (Å²) in [5.41, 5.74) is 1.23. The average Bonchev–Trinajstić information content (AvgIpc) is 2.48. The maximum Gasteiger partial charge on any atom is 0.0148 e. The lowest BCUT2D eigenvalue weighted by atomic mass is 10.1. The number of aryl methyl sites for hydroxylation is 1. The summed E-state index contributed by atoms with van der Waals surface area (Å²) in [7, 11) is 0. The van der Waals surface area contributed by atoms with E-state index in [2.05, 4.69) is 69.3 Å². The summed E-state index contributed by atoms with van der Waals surface area (Å²) >= 11 is 4.46. The van der Waals surface area contributed by atoms with Gasteiger partial charge in [0.15, 0.2) is 0 Å². The first-order valence-electron chi connectivity index (χ1n) is 6.25. The highest BCUT2D eigenvalue weighted by molar-refractivity contribution is 7.80. The number of hydrogen-bond acceptors (Lipinski definition) is 1. The summed E-state index contributed by atoms with van der Waals surface area (Å²) < 4.78 is 0. The van der Waals surface area contributed by atoms with E-state index in [1.807, 2.05) is 26.0 Å². The minimum Gasteiger partial charge on any atom is -0.143 e. The quantitative estimate of drug-likeness (QED) is 0.344. The van der Waals surface area contributed by atoms with E-state index in [1.165, 1.54) is 16.3 Å². The Bertz CT molecular complexity index is 507. The van der Waals surface area contributed by atoms with Crippen LogP contribution in [-0.4, -0.2) is 0 Å². The SMILES string of the molecule is C#CC.C=C.CC.Cc1ccc2ccccc2c1S. The van der Waals surface area contributed by atoms with E-state index in [-0.39, 0.29) is 0 Å². The van der Waals surface area contributed by atoms with Gasteiger partial charge in [0.25, 0.3) is 0 Å². The van der Waals surface area contributed by atoms with Gasteiger partial charge in [0, 0.05) is 4.90 Å². The third-order valence-electron chi connectivity index (χ3n) is 2.10. The Morgan fingerprint density at radius 3 is 2.05 bits per heavy atom. The first kappa shape index (κ1) is 19.7. The lowest BCUT2D eigenvalue weighted by Crippen LogP contribution is -1.78. The number of hydrogen-bond donors (Lipinski definition) is 1. The largest absolute Gasteiger partial charge is 0.143 e. The average molecular weight is 272 g/mol. The molecule has 0 aliphatic carbocycles. The molecule has 0 unspecified atom stereocenters. The van der Waals surface area contributed by atoms with Crippen molar-refractivity contribution in [3.63, 3.8) is 0 Å². The van der Waals surface area contributed by atoms with Gasteiger partial charge in [0.1, 0.15) is 0 Å². The molecular weight excluding hydrogens is 248 g/mol. The molecule has 0 saturated heterocycles. The second-order valence-corrected chi connectivity index (χ2v) is 3.69. The van der Waals surface area contributed by atoms with Crippen LogP contribution in [0.25, 0.3) is 10.8 Å². The van der Waals surface area contributed by atoms with Crippen LogP contribution in [0.2, 0.25) is 0 Å². The number of terminal acetylenes is 1. The molecule has 0 amide bonds. The van der Waals surface area contributed by atoms with Crippen molar-refractivity contribution in [1.82, 2.24) is 0 Å². The van der Waals surface area contributed by atoms with E-state index in [9.17, 15) is 0 Å². The fourth-order valence-corrected chi connectivity index (χ4v) is 1.64. The summed E-state index contributed by atoms with van der Waals surface area (Å²) in [6.45, 7) is 13.7. The van der Waals surface area contributed by atoms with E-state index in [1.54, 1.807) is 6.92 Å². The van der Waals surface area contributed by atoms with Gasteiger partial charge in [-0.15, -0.1) is 38.1 Å². The monoisotopic (exact) mass is 272 g/mol. The Kier molecular flexibility index (Phi) is 13.3. The zero-order valence-corrected chi connectivity index (χ0v) is 13.3. The highest BCUT2D eigenvalue weighted by Gasteiger charge is 1.98. The molecule has 1 heteroatoms. The molecule has 2 aromatic rings. The highest BCUT2D eigenvalue weighted by Crippen LogP contribution is 2.24. The molecule has 19 heavy (non-hydrogen) atoms. The van der Waals surface area contributed by atoms with Crippen molar-refractivity contribution in [2.45, 2.75) is 32.6 Å². The Morgan fingerprint density at radius 2 is 1.53 bits per heavy atom. The lowest BCUT2D eigenvalue weighted by molar-refractivity contribution is 1.36. The molecule has 0 nitrogen and oxygen atoms in total. The summed E-state index contributed by atoms with van der Waals surface area (Å²) in [4.78, 5) is 1.09. The van der Waals surface area contributed by atoms with Crippen molar-refractivity contribution < 1.29 is 0 Å². The predicted octanol–water partition coefficient (Wildman–Crippen LogP) is 5.90. The second kappa shape index (κ2) is 12.8. The second-order valence-electron chi connectivity index (χ2n) is 3.24. The maximum absolute atomic E-state index is 4.60. The minimum absolute atomic E-state index is 1.09. The molecule has 2 aromatic carbocycles. The van der Waals surface area contributed by atoms with Crippen molar-refractivity contribution in [2.75, 3.05) is 0 Å². The molecule has 0 aliphatic rings. The van der Waals surface area contributed by atoms with Gasteiger partial charge in [-0.25, -0.2) is 0 Å². The Labute approximate surface area is 124 Å². The molecule has 0 heterocycles. The van der Waals surface area contributed by atoms with Gasteiger partial charge < -0.3 is 0 Å². The molecule has 102 valence electrons. The zero-order valence-electron chi connectivity index (χ0n) is 12.4. The summed E-state index contributed by atoms with van der Waals surface area (Å²) in [6, 6.07) is 12.5. The van der Waals surface area contributed by atoms with Gasteiger partial charge in [0.2, 0.25) is 0 Å². The standard InChI is InChI=1S/C11H10S.C3H4.C2H6.C2H4/c1-8-6-7-9-4-2-3-5-10(9)11(8)12;1-3-2;2*1-2/h2-7,12H,1H3;1H,2H3;1-2H3;1-2H2. The van der Waals surface area contributed by atoms with Gasteiger partial charge in [-0.1, -0.05) is 50.2 Å². The van der Waals surface area contributed by atoms with Crippen LogP contribution in [-0.2, 0) is 0 Å². The molecule has 0 bridgehead atoms. The van der Waals surface area contributed by atoms with Crippen LogP contribution in [0.1, 0.15) is 26.3 Å². The van der Waals surface area contributed by atoms with Crippen LogP contribution in [0.3, 0.4) is 0 Å². The van der Waals surface area contributed by atoms with E-state index < -0.39 is 0 Å². The molecular formula is C18H24S. The number of fused-ring (bicyclic) bond motifs is 1. The maximum atomic E-state index is 4.60. The van der Waals surface area contributed by atoms with Gasteiger partial charge >= 0.3 is 0 Å². The van der Waals surface area contributed by atoms with Crippen LogP contribution in [0.15, 0.2) is 54.5 Å². The van der Waals surface area contributed by atoms with Gasteiger partial charge in [0.05, 0.1) is 0 Å². The van der Waals surface area contributed by atoms with Crippen molar-refractivity contribution in [3.05, 3.63) is 55.1 Å². The normalized spacial score (nSPS) is 7.58. The Hall–Kier alpha value is -1.65. The molecule has 0 aliphatic heterocycles. The molecule has 0 spiro atoms. The van der Waals surface area contributed by atoms with Crippen LogP contribution >= 0.6 is 12.6 Å². The van der Waals surface area contributed by atoms with Gasteiger partial charge in [-0.05, 0) is 30.2 Å². The van der Waals surface area contributed by atoms with Crippen LogP contribution in [0.4, 0.5) is 0 Å². The number of benzene rings is 2. The predicted molar refractivity (Wildman–Crippen MR) is 93.0 cm³/mol. The van der Waals surface area contributed by atoms with E-state index in [0.717, 1.165) is 4.90 Å². The first-order valence-corrected chi connectivity index (χ1v) is 6.70. The smallest absolute Gasteiger partial charge is 0.0148 e. The first-order chi connectivity index (χ1) is 9.20. The van der Waals surface area contributed by atoms with Crippen molar-refractivity contribution >= 4 is 23.4 Å². The van der Waals surface area contributed by atoms with E-state index >= 15 is 0 Å². The molecule has 0 N–H and O–H groups in total. The van der Waals surface area contributed by atoms with E-state index in [4.69, 9.17) is 0 Å². The summed E-state index contributed by atoms with van der Waals surface area (Å²) in [5, 5.41) is 2.49. The molecule has 2 rings (SSSR count). The molecule has 0 radical (unpaired) electrons. The molecule has 0 fully saturated rings. The van der Waals surface area contributed by atoms with Crippen LogP contribution in [0, 0.1) is 19.3 Å². The fraction of sp³-hybridized carbons (Fsp3) is 0.222. The lowest BCUT2D eigenvalue weighted by Gasteiger charge is -2.03. The molecule has 0 saturated carbocycles. The van der Waals surface area contributed by atoms with Gasteiger partial charge in [-0.2, -0.15) is 0 Å². The number of thiol groups is 1. The third-order valence-corrected chi connectivity index (χ3v) is 2.70. The number of rotatable bonds is 0.